The van der Waals surface area contributed by atoms with Gasteiger partial charge in [0.25, 0.3) is 5.91 Å². The van der Waals surface area contributed by atoms with E-state index in [9.17, 15) is 9.59 Å². The van der Waals surface area contributed by atoms with E-state index >= 15 is 0 Å². The number of Topliss-reactive ketones (excluding diaryl/α,β-unsaturated/α-hetero) is 1. The molecule has 1 saturated heterocycles. The molecule has 1 amide bonds. The topological polar surface area (TPSA) is 111 Å². The third-order valence-corrected chi connectivity index (χ3v) is 9.32. The number of allylic oxidation sites excluding steroid dienone is 1. The van der Waals surface area contributed by atoms with Crippen LogP contribution in [0.25, 0.3) is 5.57 Å². The summed E-state index contributed by atoms with van der Waals surface area (Å²) < 4.78 is 11.9. The van der Waals surface area contributed by atoms with Crippen molar-refractivity contribution in [2.24, 2.45) is 17.4 Å². The molecule has 254 valence electrons. The Morgan fingerprint density at radius 1 is 0.935 bits per heavy atom. The van der Waals surface area contributed by atoms with Crippen molar-refractivity contribution >= 4 is 17.3 Å². The van der Waals surface area contributed by atoms with E-state index in [1.54, 1.807) is 7.11 Å². The molecule has 1 aliphatic heterocycles. The maximum atomic E-state index is 13.8. The molecule has 0 radical (unpaired) electrons. The molecule has 0 bridgehead atoms. The number of benzene rings is 2. The van der Waals surface area contributed by atoms with Gasteiger partial charge in [-0.05, 0) is 138 Å². The molecule has 4 N–H and O–H groups in total. The largest absolute Gasteiger partial charge is 0.496 e. The standard InChI is InChI=1S/C38H58N4O4/c1-7-30-24-32(26-35(45-6)33(30)8-2)34(43)23-29(13-18-42-17-11-16-41(19-20-42)15-10-14-39)12-9-21-46-36-25-31(27(3)4)22-28(5)37(36)38(40)44/h22,24-26,29H,3,7-21,23,39H2,1-2,4-6H3,(H2,40,44). The maximum absolute atomic E-state index is 13.8. The molecule has 1 aliphatic rings. The lowest BCUT2D eigenvalue weighted by Gasteiger charge is -2.24. The second-order valence-corrected chi connectivity index (χ2v) is 12.8. The van der Waals surface area contributed by atoms with Crippen molar-refractivity contribution < 1.29 is 19.1 Å². The number of rotatable bonds is 19. The summed E-state index contributed by atoms with van der Waals surface area (Å²) in [6.45, 7) is 19.6. The van der Waals surface area contributed by atoms with Gasteiger partial charge in [-0.3, -0.25) is 9.59 Å². The predicted molar refractivity (Wildman–Crippen MR) is 189 cm³/mol. The van der Waals surface area contributed by atoms with E-state index in [2.05, 4.69) is 36.3 Å². The van der Waals surface area contributed by atoms with Gasteiger partial charge in [-0.25, -0.2) is 0 Å². The zero-order chi connectivity index (χ0) is 33.6. The molecule has 0 spiro atoms. The summed E-state index contributed by atoms with van der Waals surface area (Å²) in [7, 11) is 1.68. The second-order valence-electron chi connectivity index (χ2n) is 12.8. The average Bonchev–Trinajstić information content (AvgIpc) is 3.27. The van der Waals surface area contributed by atoms with Gasteiger partial charge in [-0.2, -0.15) is 0 Å². The van der Waals surface area contributed by atoms with Crippen LogP contribution in [0.15, 0.2) is 30.8 Å². The average molecular weight is 635 g/mol. The van der Waals surface area contributed by atoms with Crippen LogP contribution in [-0.4, -0.2) is 81.0 Å². The van der Waals surface area contributed by atoms with Gasteiger partial charge in [-0.15, -0.1) is 0 Å². The molecule has 0 aromatic heterocycles. The molecule has 2 aromatic rings. The first-order valence-electron chi connectivity index (χ1n) is 17.2. The molecule has 8 nitrogen and oxygen atoms in total. The third-order valence-electron chi connectivity index (χ3n) is 9.32. The lowest BCUT2D eigenvalue weighted by atomic mass is 9.89. The molecule has 46 heavy (non-hydrogen) atoms. The number of nitrogens with two attached hydrogens (primary N) is 2. The number of hydrogen-bond donors (Lipinski definition) is 2. The van der Waals surface area contributed by atoms with E-state index in [-0.39, 0.29) is 11.7 Å². The summed E-state index contributed by atoms with van der Waals surface area (Å²) >= 11 is 0. The fraction of sp³-hybridized carbons (Fsp3) is 0.579. The van der Waals surface area contributed by atoms with Crippen molar-refractivity contribution in [2.75, 3.05) is 59.5 Å². The first-order valence-corrected chi connectivity index (χ1v) is 17.2. The van der Waals surface area contributed by atoms with Crippen LogP contribution in [0.2, 0.25) is 0 Å². The molecule has 1 heterocycles. The normalized spacial score (nSPS) is 14.9. The van der Waals surface area contributed by atoms with Crippen LogP contribution in [0, 0.1) is 12.8 Å². The highest BCUT2D eigenvalue weighted by molar-refractivity contribution is 5.98. The molecule has 0 saturated carbocycles. The number of methoxy groups -OCH3 is 1. The SMILES string of the molecule is C=C(C)c1cc(C)c(C(N)=O)c(OCCCC(CCN2CCCN(CCCN)CC2)CC(=O)c2cc(CC)c(CC)c(OC)c2)c1. The number of nitrogens with zero attached hydrogens (tertiary/aromatic N) is 2. The van der Waals surface area contributed by atoms with Gasteiger partial charge >= 0.3 is 0 Å². The number of hydrogen-bond acceptors (Lipinski definition) is 7. The molecule has 2 aromatic carbocycles. The lowest BCUT2D eigenvalue weighted by Crippen LogP contribution is -2.33. The third kappa shape index (κ3) is 10.7. The summed E-state index contributed by atoms with van der Waals surface area (Å²) in [4.78, 5) is 31.1. The summed E-state index contributed by atoms with van der Waals surface area (Å²) in [5.41, 5.74) is 17.6. The predicted octanol–water partition coefficient (Wildman–Crippen LogP) is 6.06. The van der Waals surface area contributed by atoms with Gasteiger partial charge in [0, 0.05) is 25.1 Å². The van der Waals surface area contributed by atoms with Gasteiger partial charge in [0.1, 0.15) is 11.5 Å². The number of amides is 1. The zero-order valence-corrected chi connectivity index (χ0v) is 29.1. The van der Waals surface area contributed by atoms with Crippen molar-refractivity contribution in [1.82, 2.24) is 9.80 Å². The van der Waals surface area contributed by atoms with Crippen LogP contribution >= 0.6 is 0 Å². The van der Waals surface area contributed by atoms with Crippen LogP contribution in [0.3, 0.4) is 0 Å². The zero-order valence-electron chi connectivity index (χ0n) is 29.1. The monoisotopic (exact) mass is 634 g/mol. The Morgan fingerprint density at radius 2 is 1.63 bits per heavy atom. The Kier molecular flexibility index (Phi) is 15.2. The van der Waals surface area contributed by atoms with E-state index < -0.39 is 5.91 Å². The van der Waals surface area contributed by atoms with Crippen LogP contribution in [-0.2, 0) is 12.8 Å². The van der Waals surface area contributed by atoms with Gasteiger partial charge in [0.15, 0.2) is 5.78 Å². The van der Waals surface area contributed by atoms with Gasteiger partial charge in [0.05, 0.1) is 19.3 Å². The smallest absolute Gasteiger partial charge is 0.252 e. The summed E-state index contributed by atoms with van der Waals surface area (Å²) in [5, 5.41) is 0. The maximum Gasteiger partial charge on any atom is 0.252 e. The minimum Gasteiger partial charge on any atom is -0.496 e. The Morgan fingerprint density at radius 3 is 2.24 bits per heavy atom. The van der Waals surface area contributed by atoms with E-state index in [1.807, 2.05) is 32.0 Å². The Bertz CT molecular complexity index is 1300. The molecule has 1 fully saturated rings. The summed E-state index contributed by atoms with van der Waals surface area (Å²) in [6.07, 6.45) is 6.94. The van der Waals surface area contributed by atoms with E-state index in [0.717, 1.165) is 119 Å². The number of aryl methyl sites for hydroxylation is 2. The first-order chi connectivity index (χ1) is 22.1. The van der Waals surface area contributed by atoms with Gasteiger partial charge in [0.2, 0.25) is 0 Å². The molecule has 3 rings (SSSR count). The van der Waals surface area contributed by atoms with Crippen molar-refractivity contribution in [3.05, 3.63) is 64.2 Å². The minimum absolute atomic E-state index is 0.159. The van der Waals surface area contributed by atoms with Crippen LogP contribution < -0.4 is 20.9 Å². The summed E-state index contributed by atoms with van der Waals surface area (Å²) in [6, 6.07) is 7.76. The van der Waals surface area contributed by atoms with Crippen molar-refractivity contribution in [2.45, 2.75) is 79.1 Å². The van der Waals surface area contributed by atoms with Crippen molar-refractivity contribution in [3.63, 3.8) is 0 Å². The van der Waals surface area contributed by atoms with E-state index in [4.69, 9.17) is 20.9 Å². The number of ketones is 1. The second kappa shape index (κ2) is 18.8. The quantitative estimate of drug-likeness (QED) is 0.143. The van der Waals surface area contributed by atoms with Crippen LogP contribution in [0.1, 0.15) is 102 Å². The highest BCUT2D eigenvalue weighted by Gasteiger charge is 2.22. The molecule has 8 heteroatoms. The van der Waals surface area contributed by atoms with Crippen molar-refractivity contribution in [3.8, 4) is 11.5 Å². The first kappa shape index (κ1) is 37.3. The molecular formula is C38H58N4O4. The number of ether oxygens (including phenoxy) is 2. The highest BCUT2D eigenvalue weighted by atomic mass is 16.5. The van der Waals surface area contributed by atoms with Gasteiger partial charge < -0.3 is 30.7 Å². The van der Waals surface area contributed by atoms with Gasteiger partial charge in [-0.1, -0.05) is 32.1 Å². The Balaban J connectivity index is 1.72. The molecule has 1 atom stereocenters. The molecule has 1 unspecified atom stereocenters. The fourth-order valence-corrected chi connectivity index (χ4v) is 6.63. The van der Waals surface area contributed by atoms with E-state index in [0.29, 0.717) is 24.3 Å². The number of carbonyl (C=O) groups is 2. The van der Waals surface area contributed by atoms with Crippen LogP contribution in [0.4, 0.5) is 0 Å². The Labute approximate surface area is 277 Å². The van der Waals surface area contributed by atoms with Crippen LogP contribution in [0.5, 0.6) is 11.5 Å². The number of primary amides is 1. The molecule has 0 aliphatic carbocycles. The Hall–Kier alpha value is -3.20. The number of carbonyl (C=O) groups excluding carboxylic acids is 2. The summed E-state index contributed by atoms with van der Waals surface area (Å²) in [5.74, 6) is 1.16. The highest BCUT2D eigenvalue weighted by Crippen LogP contribution is 2.30. The van der Waals surface area contributed by atoms with Crippen molar-refractivity contribution in [1.29, 1.82) is 0 Å². The lowest BCUT2D eigenvalue weighted by molar-refractivity contribution is 0.0946. The molecular weight excluding hydrogens is 576 g/mol. The van der Waals surface area contributed by atoms with E-state index in [1.165, 1.54) is 11.1 Å². The minimum atomic E-state index is -0.501. The fourth-order valence-electron chi connectivity index (χ4n) is 6.63.